The fraction of sp³-hybridized carbons (Fsp3) is 0.444. The van der Waals surface area contributed by atoms with Gasteiger partial charge in [-0.15, -0.1) is 0 Å². The van der Waals surface area contributed by atoms with E-state index in [1.807, 2.05) is 30.3 Å². The van der Waals surface area contributed by atoms with E-state index >= 15 is 0 Å². The first-order valence-electron chi connectivity index (χ1n) is 8.20. The maximum atomic E-state index is 12.5. The second-order valence-electron chi connectivity index (χ2n) is 5.90. The lowest BCUT2D eigenvalue weighted by Crippen LogP contribution is -2.49. The Balaban J connectivity index is 1.96. The minimum Gasteiger partial charge on any atom is -0.378 e. The summed E-state index contributed by atoms with van der Waals surface area (Å²) in [6.07, 6.45) is 4.02. The number of carbonyl (C=O) groups excluding carboxylic acids is 2. The molecular weight excluding hydrogens is 290 g/mol. The zero-order chi connectivity index (χ0) is 16.7. The second kappa shape index (κ2) is 8.36. The Morgan fingerprint density at radius 3 is 2.70 bits per heavy atom. The normalized spacial score (nSPS) is 18.1. The predicted octanol–water partition coefficient (Wildman–Crippen LogP) is 2.57. The van der Waals surface area contributed by atoms with Gasteiger partial charge in [0, 0.05) is 11.4 Å². The van der Waals surface area contributed by atoms with Crippen LogP contribution in [0.15, 0.2) is 42.6 Å². The molecule has 0 radical (unpaired) electrons. The number of benzene rings is 1. The van der Waals surface area contributed by atoms with Crippen LogP contribution in [0.4, 0.5) is 5.69 Å². The van der Waals surface area contributed by atoms with E-state index in [9.17, 15) is 9.59 Å². The van der Waals surface area contributed by atoms with E-state index in [-0.39, 0.29) is 17.9 Å². The molecule has 1 aromatic carbocycles. The monoisotopic (exact) mass is 315 g/mol. The average molecular weight is 315 g/mol. The molecule has 3 N–H and O–H groups in total. The highest BCUT2D eigenvalue weighted by Crippen LogP contribution is 2.14. The first-order chi connectivity index (χ1) is 11.1. The highest BCUT2D eigenvalue weighted by atomic mass is 16.2. The third-order valence-corrected chi connectivity index (χ3v) is 3.95. The molecule has 1 aromatic rings. The SMILES string of the molecule is C=C1CC[C@H](C(=O)N[C@@H](CCCC)C(=O)Nc2ccccc2)N1. The molecular formula is C18H25N3O2. The molecule has 0 aromatic heterocycles. The molecule has 23 heavy (non-hydrogen) atoms. The Hall–Kier alpha value is -2.30. The predicted molar refractivity (Wildman–Crippen MR) is 91.8 cm³/mol. The van der Waals surface area contributed by atoms with E-state index in [0.29, 0.717) is 6.42 Å². The van der Waals surface area contributed by atoms with Crippen LogP contribution in [-0.4, -0.2) is 23.9 Å². The van der Waals surface area contributed by atoms with Gasteiger partial charge in [-0.1, -0.05) is 44.5 Å². The lowest BCUT2D eigenvalue weighted by atomic mass is 10.1. The van der Waals surface area contributed by atoms with Crippen LogP contribution in [0.2, 0.25) is 0 Å². The van der Waals surface area contributed by atoms with E-state index in [2.05, 4.69) is 29.5 Å². The van der Waals surface area contributed by atoms with Crippen LogP contribution < -0.4 is 16.0 Å². The Labute approximate surface area is 137 Å². The first-order valence-corrected chi connectivity index (χ1v) is 8.20. The average Bonchev–Trinajstić information content (AvgIpc) is 2.98. The summed E-state index contributed by atoms with van der Waals surface area (Å²) in [7, 11) is 0. The van der Waals surface area contributed by atoms with Crippen molar-refractivity contribution in [3.8, 4) is 0 Å². The van der Waals surface area contributed by atoms with Gasteiger partial charge >= 0.3 is 0 Å². The highest BCUT2D eigenvalue weighted by molar-refractivity contribution is 5.97. The fourth-order valence-corrected chi connectivity index (χ4v) is 2.61. The Kier molecular flexibility index (Phi) is 6.20. The molecule has 0 spiro atoms. The van der Waals surface area contributed by atoms with Crippen LogP contribution >= 0.6 is 0 Å². The van der Waals surface area contributed by atoms with Gasteiger partial charge in [-0.05, 0) is 31.4 Å². The minimum absolute atomic E-state index is 0.132. The van der Waals surface area contributed by atoms with Gasteiger partial charge in [0.1, 0.15) is 12.1 Å². The van der Waals surface area contributed by atoms with E-state index in [0.717, 1.165) is 37.1 Å². The van der Waals surface area contributed by atoms with Crippen molar-refractivity contribution in [2.24, 2.45) is 0 Å². The van der Waals surface area contributed by atoms with Gasteiger partial charge in [0.15, 0.2) is 0 Å². The Morgan fingerprint density at radius 2 is 2.09 bits per heavy atom. The third kappa shape index (κ3) is 5.13. The van der Waals surface area contributed by atoms with Gasteiger partial charge in [0.2, 0.25) is 11.8 Å². The molecule has 1 fully saturated rings. The lowest BCUT2D eigenvalue weighted by Gasteiger charge is -2.20. The maximum absolute atomic E-state index is 12.5. The summed E-state index contributed by atoms with van der Waals surface area (Å²) in [4.78, 5) is 24.8. The molecule has 0 unspecified atom stereocenters. The summed E-state index contributed by atoms with van der Waals surface area (Å²) in [6, 6.07) is 8.49. The maximum Gasteiger partial charge on any atom is 0.246 e. The van der Waals surface area contributed by atoms with Crippen LogP contribution in [0.5, 0.6) is 0 Å². The van der Waals surface area contributed by atoms with E-state index in [1.165, 1.54) is 0 Å². The fourth-order valence-electron chi connectivity index (χ4n) is 2.61. The summed E-state index contributed by atoms with van der Waals surface area (Å²) in [6.45, 7) is 5.90. The largest absolute Gasteiger partial charge is 0.378 e. The van der Waals surface area contributed by atoms with Crippen LogP contribution in [0.1, 0.15) is 39.0 Å². The lowest BCUT2D eigenvalue weighted by molar-refractivity contribution is -0.127. The van der Waals surface area contributed by atoms with Crippen molar-refractivity contribution in [1.29, 1.82) is 0 Å². The molecule has 2 rings (SSSR count). The van der Waals surface area contributed by atoms with Crippen molar-refractivity contribution in [3.63, 3.8) is 0 Å². The summed E-state index contributed by atoms with van der Waals surface area (Å²) in [5, 5.41) is 8.81. The smallest absolute Gasteiger partial charge is 0.246 e. The molecule has 1 saturated heterocycles. The standard InChI is InChI=1S/C18H25N3O2/c1-3-4-10-15(17(22)20-14-8-6-5-7-9-14)21-18(23)16-12-11-13(2)19-16/h5-9,15-16,19H,2-4,10-12H2,1H3,(H,20,22)(H,21,23)/t15-,16+/m0/s1. The molecule has 0 bridgehead atoms. The molecule has 5 nitrogen and oxygen atoms in total. The van der Waals surface area contributed by atoms with Gasteiger partial charge in [0.25, 0.3) is 0 Å². The van der Waals surface area contributed by atoms with Crippen molar-refractivity contribution in [1.82, 2.24) is 10.6 Å². The number of para-hydroxylation sites is 1. The first kappa shape index (κ1) is 17.1. The number of hydrogen-bond donors (Lipinski definition) is 3. The summed E-state index contributed by atoms with van der Waals surface area (Å²) in [5.41, 5.74) is 1.62. The Morgan fingerprint density at radius 1 is 1.35 bits per heavy atom. The molecule has 1 aliphatic rings. The van der Waals surface area contributed by atoms with Crippen LogP contribution in [-0.2, 0) is 9.59 Å². The third-order valence-electron chi connectivity index (χ3n) is 3.95. The van der Waals surface area contributed by atoms with Crippen molar-refractivity contribution < 1.29 is 9.59 Å². The van der Waals surface area contributed by atoms with Gasteiger partial charge in [-0.3, -0.25) is 9.59 Å². The highest BCUT2D eigenvalue weighted by Gasteiger charge is 2.28. The Bertz CT molecular complexity index is 557. The van der Waals surface area contributed by atoms with Crippen molar-refractivity contribution in [3.05, 3.63) is 42.6 Å². The number of anilines is 1. The topological polar surface area (TPSA) is 70.2 Å². The van der Waals surface area contributed by atoms with E-state index in [4.69, 9.17) is 0 Å². The number of allylic oxidation sites excluding steroid dienone is 1. The number of amides is 2. The van der Waals surface area contributed by atoms with Gasteiger partial charge in [-0.2, -0.15) is 0 Å². The molecule has 1 aliphatic heterocycles. The number of nitrogens with one attached hydrogen (secondary N) is 3. The zero-order valence-corrected chi connectivity index (χ0v) is 13.6. The number of carbonyl (C=O) groups is 2. The molecule has 5 heteroatoms. The van der Waals surface area contributed by atoms with E-state index < -0.39 is 6.04 Å². The molecule has 1 heterocycles. The van der Waals surface area contributed by atoms with Crippen molar-refractivity contribution in [2.45, 2.75) is 51.1 Å². The quantitative estimate of drug-likeness (QED) is 0.724. The molecule has 2 atom stereocenters. The van der Waals surface area contributed by atoms with Gasteiger partial charge in [-0.25, -0.2) is 0 Å². The molecule has 0 saturated carbocycles. The van der Waals surface area contributed by atoms with Crippen LogP contribution in [0.3, 0.4) is 0 Å². The van der Waals surface area contributed by atoms with E-state index in [1.54, 1.807) is 0 Å². The molecule has 2 amide bonds. The summed E-state index contributed by atoms with van der Waals surface area (Å²) in [5.74, 6) is -0.303. The molecule has 124 valence electrons. The number of unbranched alkanes of at least 4 members (excludes halogenated alkanes) is 1. The minimum atomic E-state index is -0.515. The summed E-state index contributed by atoms with van der Waals surface area (Å²) < 4.78 is 0. The zero-order valence-electron chi connectivity index (χ0n) is 13.6. The second-order valence-corrected chi connectivity index (χ2v) is 5.90. The van der Waals surface area contributed by atoms with Crippen LogP contribution in [0, 0.1) is 0 Å². The van der Waals surface area contributed by atoms with Crippen LogP contribution in [0.25, 0.3) is 0 Å². The number of hydrogen-bond acceptors (Lipinski definition) is 3. The van der Waals surface area contributed by atoms with Gasteiger partial charge in [0.05, 0.1) is 0 Å². The van der Waals surface area contributed by atoms with Crippen molar-refractivity contribution in [2.75, 3.05) is 5.32 Å². The number of rotatable bonds is 7. The summed E-state index contributed by atoms with van der Waals surface area (Å²) >= 11 is 0. The van der Waals surface area contributed by atoms with Crippen molar-refractivity contribution >= 4 is 17.5 Å². The molecule has 0 aliphatic carbocycles. The van der Waals surface area contributed by atoms with Gasteiger partial charge < -0.3 is 16.0 Å².